The van der Waals surface area contributed by atoms with E-state index in [1.165, 1.54) is 0 Å². The molecule has 0 aliphatic heterocycles. The van der Waals surface area contributed by atoms with E-state index >= 15 is 0 Å². The molecule has 1 saturated carbocycles. The van der Waals surface area contributed by atoms with Gasteiger partial charge in [0, 0.05) is 5.92 Å². The molecular weight excluding hydrogens is 182 g/mol. The number of amides is 1. The van der Waals surface area contributed by atoms with Crippen LogP contribution in [0.25, 0.3) is 0 Å². The minimum absolute atomic E-state index is 0.330. The molecule has 0 aromatic carbocycles. The highest BCUT2D eigenvalue weighted by Gasteiger charge is 2.57. The molecule has 1 aliphatic carbocycles. The van der Waals surface area contributed by atoms with Gasteiger partial charge in [-0.1, -0.05) is 13.8 Å². The maximum absolute atomic E-state index is 11.2. The molecule has 0 radical (unpaired) electrons. The standard InChI is InChI=1S/C10H17NO3/c1-9(2)6(7(11)12)4-5-10(9,3)8(13)14/h6H,4-5H2,1-3H3,(H2,11,12)(H,13,14)/t6-,10+/m1/s1. The second-order valence-electron chi connectivity index (χ2n) is 4.85. The van der Waals surface area contributed by atoms with E-state index in [1.54, 1.807) is 6.92 Å². The van der Waals surface area contributed by atoms with Crippen molar-refractivity contribution in [2.75, 3.05) is 0 Å². The molecule has 14 heavy (non-hydrogen) atoms. The molecule has 3 N–H and O–H groups in total. The van der Waals surface area contributed by atoms with Crippen LogP contribution in [0.5, 0.6) is 0 Å². The fourth-order valence-electron chi connectivity index (χ4n) is 2.38. The van der Waals surface area contributed by atoms with Gasteiger partial charge in [0.1, 0.15) is 0 Å². The van der Waals surface area contributed by atoms with Crippen molar-refractivity contribution in [1.29, 1.82) is 0 Å². The summed E-state index contributed by atoms with van der Waals surface area (Å²) in [5.74, 6) is -1.56. The number of nitrogens with two attached hydrogens (primary N) is 1. The van der Waals surface area contributed by atoms with Crippen LogP contribution in [-0.2, 0) is 9.59 Å². The molecule has 80 valence electrons. The lowest BCUT2D eigenvalue weighted by molar-refractivity contribution is -0.155. The summed E-state index contributed by atoms with van der Waals surface area (Å²) in [6.07, 6.45) is 1.09. The van der Waals surface area contributed by atoms with Crippen molar-refractivity contribution in [2.45, 2.75) is 33.6 Å². The summed E-state index contributed by atoms with van der Waals surface area (Å²) in [5.41, 5.74) is 3.86. The van der Waals surface area contributed by atoms with E-state index < -0.39 is 16.8 Å². The van der Waals surface area contributed by atoms with Crippen LogP contribution in [0.1, 0.15) is 33.6 Å². The minimum atomic E-state index is -0.841. The third-order valence-electron chi connectivity index (χ3n) is 4.04. The summed E-state index contributed by atoms with van der Waals surface area (Å²) in [7, 11) is 0. The smallest absolute Gasteiger partial charge is 0.309 e. The first-order valence-electron chi connectivity index (χ1n) is 4.76. The van der Waals surface area contributed by atoms with E-state index in [1.807, 2.05) is 13.8 Å². The quantitative estimate of drug-likeness (QED) is 0.696. The number of rotatable bonds is 2. The Hall–Kier alpha value is -1.06. The molecule has 0 aromatic heterocycles. The second kappa shape index (κ2) is 2.97. The normalized spacial score (nSPS) is 35.5. The summed E-state index contributed by atoms with van der Waals surface area (Å²) in [6.45, 7) is 5.31. The Labute approximate surface area is 83.5 Å². The minimum Gasteiger partial charge on any atom is -0.481 e. The zero-order valence-electron chi connectivity index (χ0n) is 8.83. The fourth-order valence-corrected chi connectivity index (χ4v) is 2.38. The Bertz CT molecular complexity index is 285. The third kappa shape index (κ3) is 1.21. The van der Waals surface area contributed by atoms with Crippen molar-refractivity contribution < 1.29 is 14.7 Å². The van der Waals surface area contributed by atoms with E-state index in [0.29, 0.717) is 12.8 Å². The van der Waals surface area contributed by atoms with Crippen LogP contribution in [0.15, 0.2) is 0 Å². The highest BCUT2D eigenvalue weighted by molar-refractivity contribution is 5.82. The van der Waals surface area contributed by atoms with Gasteiger partial charge in [-0.15, -0.1) is 0 Å². The molecule has 0 heterocycles. The molecule has 0 unspecified atom stereocenters. The van der Waals surface area contributed by atoms with E-state index in [9.17, 15) is 9.59 Å². The molecule has 0 spiro atoms. The number of carbonyl (C=O) groups excluding carboxylic acids is 1. The van der Waals surface area contributed by atoms with Crippen LogP contribution in [0, 0.1) is 16.7 Å². The summed E-state index contributed by atoms with van der Waals surface area (Å²) >= 11 is 0. The van der Waals surface area contributed by atoms with Crippen molar-refractivity contribution >= 4 is 11.9 Å². The summed E-state index contributed by atoms with van der Waals surface area (Å²) < 4.78 is 0. The van der Waals surface area contributed by atoms with Gasteiger partial charge in [0.2, 0.25) is 5.91 Å². The zero-order chi connectivity index (χ0) is 11.1. The average molecular weight is 199 g/mol. The summed E-state index contributed by atoms with van der Waals surface area (Å²) in [4.78, 5) is 22.3. The predicted molar refractivity (Wildman–Crippen MR) is 51.4 cm³/mol. The number of hydrogen-bond donors (Lipinski definition) is 2. The SMILES string of the molecule is CC1(C)[C@@H](C(N)=O)CC[C@@]1(C)C(=O)O. The number of primary amides is 1. The topological polar surface area (TPSA) is 80.4 Å². The van der Waals surface area contributed by atoms with Gasteiger partial charge in [-0.25, -0.2) is 0 Å². The van der Waals surface area contributed by atoms with Crippen molar-refractivity contribution in [3.63, 3.8) is 0 Å². The number of aliphatic carboxylic acids is 1. The molecule has 0 aromatic rings. The summed E-state index contributed by atoms with van der Waals surface area (Å²) in [5, 5.41) is 9.16. The van der Waals surface area contributed by atoms with Crippen LogP contribution in [0.4, 0.5) is 0 Å². The van der Waals surface area contributed by atoms with Crippen LogP contribution in [0.2, 0.25) is 0 Å². The lowest BCUT2D eigenvalue weighted by Gasteiger charge is -2.37. The van der Waals surface area contributed by atoms with E-state index in [4.69, 9.17) is 10.8 Å². The molecular formula is C10H17NO3. The highest BCUT2D eigenvalue weighted by atomic mass is 16.4. The van der Waals surface area contributed by atoms with Crippen LogP contribution >= 0.6 is 0 Å². The van der Waals surface area contributed by atoms with E-state index in [-0.39, 0.29) is 11.8 Å². The molecule has 1 rings (SSSR count). The van der Waals surface area contributed by atoms with E-state index in [0.717, 1.165) is 0 Å². The van der Waals surface area contributed by atoms with Crippen molar-refractivity contribution in [3.05, 3.63) is 0 Å². The Kier molecular flexibility index (Phi) is 2.34. The fraction of sp³-hybridized carbons (Fsp3) is 0.800. The monoisotopic (exact) mass is 199 g/mol. The van der Waals surface area contributed by atoms with Gasteiger partial charge >= 0.3 is 5.97 Å². The number of carboxylic acids is 1. The second-order valence-corrected chi connectivity index (χ2v) is 4.85. The Morgan fingerprint density at radius 2 is 1.86 bits per heavy atom. The first kappa shape index (κ1) is 11.0. The largest absolute Gasteiger partial charge is 0.481 e. The van der Waals surface area contributed by atoms with Crippen molar-refractivity contribution in [2.24, 2.45) is 22.5 Å². The average Bonchev–Trinajstić information content (AvgIpc) is 2.24. The third-order valence-corrected chi connectivity index (χ3v) is 4.04. The van der Waals surface area contributed by atoms with Gasteiger partial charge in [-0.3, -0.25) is 9.59 Å². The van der Waals surface area contributed by atoms with Gasteiger partial charge in [-0.2, -0.15) is 0 Å². The van der Waals surface area contributed by atoms with Gasteiger partial charge < -0.3 is 10.8 Å². The highest BCUT2D eigenvalue weighted by Crippen LogP contribution is 2.55. The molecule has 1 amide bonds. The molecule has 1 aliphatic rings. The molecule has 4 nitrogen and oxygen atoms in total. The van der Waals surface area contributed by atoms with Crippen LogP contribution in [-0.4, -0.2) is 17.0 Å². The van der Waals surface area contributed by atoms with Crippen LogP contribution < -0.4 is 5.73 Å². The Morgan fingerprint density at radius 1 is 1.36 bits per heavy atom. The first-order valence-corrected chi connectivity index (χ1v) is 4.76. The number of hydrogen-bond acceptors (Lipinski definition) is 2. The van der Waals surface area contributed by atoms with Crippen molar-refractivity contribution in [3.8, 4) is 0 Å². The maximum Gasteiger partial charge on any atom is 0.309 e. The number of carbonyl (C=O) groups is 2. The molecule has 0 bridgehead atoms. The number of carboxylic acid groups (broad SMARTS) is 1. The van der Waals surface area contributed by atoms with Gasteiger partial charge in [0.25, 0.3) is 0 Å². The van der Waals surface area contributed by atoms with Gasteiger partial charge in [-0.05, 0) is 25.2 Å². The molecule has 1 fully saturated rings. The van der Waals surface area contributed by atoms with Gasteiger partial charge in [0.05, 0.1) is 5.41 Å². The van der Waals surface area contributed by atoms with Crippen LogP contribution in [0.3, 0.4) is 0 Å². The molecule has 2 atom stereocenters. The lowest BCUT2D eigenvalue weighted by Crippen LogP contribution is -2.44. The predicted octanol–water partition coefficient (Wildman–Crippen LogP) is 0.999. The van der Waals surface area contributed by atoms with E-state index in [2.05, 4.69) is 0 Å². The molecule has 0 saturated heterocycles. The van der Waals surface area contributed by atoms with Crippen molar-refractivity contribution in [1.82, 2.24) is 0 Å². The lowest BCUT2D eigenvalue weighted by atomic mass is 9.65. The maximum atomic E-state index is 11.2. The zero-order valence-corrected chi connectivity index (χ0v) is 8.83. The Balaban J connectivity index is 3.08. The summed E-state index contributed by atoms with van der Waals surface area (Å²) in [6, 6.07) is 0. The Morgan fingerprint density at radius 3 is 2.07 bits per heavy atom. The van der Waals surface area contributed by atoms with Gasteiger partial charge in [0.15, 0.2) is 0 Å². The first-order chi connectivity index (χ1) is 6.23. The molecule has 4 heteroatoms.